The standard InChI is InChI=1S/C21H25N3O3/c1-27-14-12-22-20(25)17-9-6-10-18(15-17)23-21(26)24-13-5-4-8-16-7-2-3-11-19(16)24/h2-3,6-7,9-11,15H,4-5,8,12-14H2,1H3,(H,22,25)(H,23,26). The molecule has 3 amide bonds. The smallest absolute Gasteiger partial charge is 0.326 e. The molecule has 1 aliphatic heterocycles. The first kappa shape index (κ1) is 18.9. The van der Waals surface area contributed by atoms with E-state index in [0.717, 1.165) is 24.9 Å². The molecule has 0 spiro atoms. The first-order valence-corrected chi connectivity index (χ1v) is 9.22. The Morgan fingerprint density at radius 3 is 2.81 bits per heavy atom. The van der Waals surface area contributed by atoms with Gasteiger partial charge in [0.05, 0.1) is 6.61 Å². The summed E-state index contributed by atoms with van der Waals surface area (Å²) in [5.74, 6) is -0.191. The molecule has 2 aromatic carbocycles. The van der Waals surface area contributed by atoms with Crippen LogP contribution in [0, 0.1) is 0 Å². The molecule has 142 valence electrons. The van der Waals surface area contributed by atoms with Crippen LogP contribution in [0.1, 0.15) is 28.8 Å². The number of fused-ring (bicyclic) bond motifs is 1. The molecule has 0 saturated heterocycles. The van der Waals surface area contributed by atoms with Crippen LogP contribution in [0.3, 0.4) is 0 Å². The van der Waals surface area contributed by atoms with E-state index < -0.39 is 0 Å². The summed E-state index contributed by atoms with van der Waals surface area (Å²) in [6, 6.07) is 14.8. The van der Waals surface area contributed by atoms with Crippen molar-refractivity contribution < 1.29 is 14.3 Å². The number of carbonyl (C=O) groups excluding carboxylic acids is 2. The number of carbonyl (C=O) groups is 2. The van der Waals surface area contributed by atoms with Gasteiger partial charge < -0.3 is 15.4 Å². The lowest BCUT2D eigenvalue weighted by atomic mass is 10.1. The first-order chi connectivity index (χ1) is 13.2. The zero-order chi connectivity index (χ0) is 19.1. The summed E-state index contributed by atoms with van der Waals surface area (Å²) in [4.78, 5) is 26.8. The van der Waals surface area contributed by atoms with E-state index in [0.29, 0.717) is 30.9 Å². The summed E-state index contributed by atoms with van der Waals surface area (Å²) in [5, 5.41) is 5.70. The molecule has 1 heterocycles. The van der Waals surface area contributed by atoms with Crippen molar-refractivity contribution in [3.05, 3.63) is 59.7 Å². The summed E-state index contributed by atoms with van der Waals surface area (Å²) >= 11 is 0. The van der Waals surface area contributed by atoms with E-state index in [2.05, 4.69) is 16.7 Å². The number of nitrogens with zero attached hydrogens (tertiary/aromatic N) is 1. The van der Waals surface area contributed by atoms with Crippen LogP contribution < -0.4 is 15.5 Å². The summed E-state index contributed by atoms with van der Waals surface area (Å²) in [6.07, 6.45) is 3.01. The lowest BCUT2D eigenvalue weighted by Crippen LogP contribution is -2.35. The van der Waals surface area contributed by atoms with Gasteiger partial charge in [0.25, 0.3) is 5.91 Å². The van der Waals surface area contributed by atoms with Crippen LogP contribution in [0.2, 0.25) is 0 Å². The second-order valence-electron chi connectivity index (χ2n) is 6.50. The Morgan fingerprint density at radius 1 is 1.11 bits per heavy atom. The van der Waals surface area contributed by atoms with E-state index in [-0.39, 0.29) is 11.9 Å². The van der Waals surface area contributed by atoms with Gasteiger partial charge in [0.2, 0.25) is 0 Å². The third-order valence-electron chi connectivity index (χ3n) is 4.57. The molecule has 6 nitrogen and oxygen atoms in total. The molecule has 27 heavy (non-hydrogen) atoms. The minimum absolute atomic E-state index is 0.179. The number of benzene rings is 2. The monoisotopic (exact) mass is 367 g/mol. The van der Waals surface area contributed by atoms with Gasteiger partial charge in [0.1, 0.15) is 0 Å². The molecular formula is C21H25N3O3. The summed E-state index contributed by atoms with van der Waals surface area (Å²) in [7, 11) is 1.59. The molecule has 0 fully saturated rings. The Kier molecular flexibility index (Phi) is 6.44. The average molecular weight is 367 g/mol. The minimum Gasteiger partial charge on any atom is -0.383 e. The van der Waals surface area contributed by atoms with Gasteiger partial charge in [0, 0.05) is 37.1 Å². The van der Waals surface area contributed by atoms with E-state index >= 15 is 0 Å². The van der Waals surface area contributed by atoms with E-state index in [1.165, 1.54) is 5.56 Å². The van der Waals surface area contributed by atoms with Gasteiger partial charge in [-0.2, -0.15) is 0 Å². The lowest BCUT2D eigenvalue weighted by Gasteiger charge is -2.23. The number of urea groups is 1. The fourth-order valence-corrected chi connectivity index (χ4v) is 3.20. The Bertz CT molecular complexity index is 807. The number of aryl methyl sites for hydroxylation is 1. The normalized spacial score (nSPS) is 13.4. The molecule has 0 atom stereocenters. The highest BCUT2D eigenvalue weighted by molar-refractivity contribution is 6.03. The number of methoxy groups -OCH3 is 1. The van der Waals surface area contributed by atoms with Gasteiger partial charge in [-0.1, -0.05) is 24.3 Å². The fourth-order valence-electron chi connectivity index (χ4n) is 3.20. The van der Waals surface area contributed by atoms with Gasteiger partial charge in [-0.3, -0.25) is 9.69 Å². The number of hydrogen-bond donors (Lipinski definition) is 2. The summed E-state index contributed by atoms with van der Waals surface area (Å²) < 4.78 is 4.93. The van der Waals surface area contributed by atoms with E-state index in [9.17, 15) is 9.59 Å². The topological polar surface area (TPSA) is 70.7 Å². The molecule has 0 aliphatic carbocycles. The van der Waals surface area contributed by atoms with Gasteiger partial charge in [-0.25, -0.2) is 4.79 Å². The largest absolute Gasteiger partial charge is 0.383 e. The molecular weight excluding hydrogens is 342 g/mol. The molecule has 0 saturated carbocycles. The van der Waals surface area contributed by atoms with E-state index in [1.54, 1.807) is 36.3 Å². The van der Waals surface area contributed by atoms with Crippen LogP contribution >= 0.6 is 0 Å². The third kappa shape index (κ3) is 4.86. The predicted molar refractivity (Wildman–Crippen MR) is 106 cm³/mol. The van der Waals surface area contributed by atoms with Crippen molar-refractivity contribution in [2.75, 3.05) is 37.0 Å². The molecule has 3 rings (SSSR count). The van der Waals surface area contributed by atoms with Crippen LogP contribution in [0.15, 0.2) is 48.5 Å². The highest BCUT2D eigenvalue weighted by Crippen LogP contribution is 2.26. The van der Waals surface area contributed by atoms with Crippen molar-refractivity contribution in [2.45, 2.75) is 19.3 Å². The number of anilines is 2. The number of ether oxygens (including phenoxy) is 1. The zero-order valence-electron chi connectivity index (χ0n) is 15.5. The van der Waals surface area contributed by atoms with Crippen molar-refractivity contribution >= 4 is 23.3 Å². The summed E-state index contributed by atoms with van der Waals surface area (Å²) in [5.41, 5.74) is 3.25. The Labute approximate surface area is 159 Å². The minimum atomic E-state index is -0.191. The first-order valence-electron chi connectivity index (χ1n) is 9.22. The van der Waals surface area contributed by atoms with Crippen LogP contribution in [0.25, 0.3) is 0 Å². The van der Waals surface area contributed by atoms with Crippen molar-refractivity contribution in [3.63, 3.8) is 0 Å². The van der Waals surface area contributed by atoms with E-state index in [1.807, 2.05) is 18.2 Å². The van der Waals surface area contributed by atoms with Gasteiger partial charge >= 0.3 is 6.03 Å². The third-order valence-corrected chi connectivity index (χ3v) is 4.57. The fraction of sp³-hybridized carbons (Fsp3) is 0.333. The van der Waals surface area contributed by atoms with Crippen LogP contribution in [-0.4, -0.2) is 38.7 Å². The van der Waals surface area contributed by atoms with Crippen molar-refractivity contribution in [1.82, 2.24) is 5.32 Å². The molecule has 6 heteroatoms. The molecule has 2 aromatic rings. The van der Waals surface area contributed by atoms with Crippen LogP contribution in [0.5, 0.6) is 0 Å². The number of nitrogens with one attached hydrogen (secondary N) is 2. The Balaban J connectivity index is 1.71. The lowest BCUT2D eigenvalue weighted by molar-refractivity contribution is 0.0937. The quantitative estimate of drug-likeness (QED) is 0.796. The molecule has 1 aliphatic rings. The van der Waals surface area contributed by atoms with E-state index in [4.69, 9.17) is 4.74 Å². The van der Waals surface area contributed by atoms with Crippen molar-refractivity contribution in [2.24, 2.45) is 0 Å². The van der Waals surface area contributed by atoms with Gasteiger partial charge in [0.15, 0.2) is 0 Å². The maximum Gasteiger partial charge on any atom is 0.326 e. The van der Waals surface area contributed by atoms with Crippen molar-refractivity contribution in [3.8, 4) is 0 Å². The maximum atomic E-state index is 12.9. The highest BCUT2D eigenvalue weighted by atomic mass is 16.5. The molecule has 0 aromatic heterocycles. The maximum absolute atomic E-state index is 12.9. The zero-order valence-corrected chi connectivity index (χ0v) is 15.5. The van der Waals surface area contributed by atoms with Crippen molar-refractivity contribution in [1.29, 1.82) is 0 Å². The molecule has 0 unspecified atom stereocenters. The molecule has 0 bridgehead atoms. The second kappa shape index (κ2) is 9.19. The number of amides is 3. The van der Waals surface area contributed by atoms with Gasteiger partial charge in [-0.15, -0.1) is 0 Å². The number of para-hydroxylation sites is 1. The second-order valence-corrected chi connectivity index (χ2v) is 6.50. The SMILES string of the molecule is COCCNC(=O)c1cccc(NC(=O)N2CCCCc3ccccc32)c1. The molecule has 2 N–H and O–H groups in total. The predicted octanol–water partition coefficient (Wildman–Crippen LogP) is 3.44. The van der Waals surface area contributed by atoms with Gasteiger partial charge in [-0.05, 0) is 49.1 Å². The average Bonchev–Trinajstić information content (AvgIpc) is 2.91. The molecule has 0 radical (unpaired) electrons. The van der Waals surface area contributed by atoms with Crippen LogP contribution in [0.4, 0.5) is 16.2 Å². The number of rotatable bonds is 5. The Morgan fingerprint density at radius 2 is 1.96 bits per heavy atom. The summed E-state index contributed by atoms with van der Waals surface area (Å²) in [6.45, 7) is 1.58. The van der Waals surface area contributed by atoms with Crippen LogP contribution in [-0.2, 0) is 11.2 Å². The highest BCUT2D eigenvalue weighted by Gasteiger charge is 2.21. The Hall–Kier alpha value is -2.86. The number of hydrogen-bond acceptors (Lipinski definition) is 3.